The minimum absolute atomic E-state index is 0.0924. The van der Waals surface area contributed by atoms with Crippen molar-refractivity contribution in [2.24, 2.45) is 0 Å². The minimum atomic E-state index is -0.158. The second-order valence-electron chi connectivity index (χ2n) is 3.60. The van der Waals surface area contributed by atoms with Crippen molar-refractivity contribution < 1.29 is 4.79 Å². The van der Waals surface area contributed by atoms with E-state index in [2.05, 4.69) is 43.2 Å². The maximum atomic E-state index is 11.9. The van der Waals surface area contributed by atoms with Crippen LogP contribution in [0.15, 0.2) is 27.1 Å². The maximum Gasteiger partial charge on any atom is 0.251 e. The van der Waals surface area contributed by atoms with Gasteiger partial charge in [0, 0.05) is 20.6 Å². The molecule has 0 spiro atoms. The molecule has 1 aromatic carbocycles. The average molecular weight is 360 g/mol. The molecule has 0 aliphatic rings. The number of amides is 1. The lowest BCUT2D eigenvalue weighted by Gasteiger charge is -2.13. The molecule has 0 bridgehead atoms. The van der Waals surface area contributed by atoms with E-state index < -0.39 is 0 Å². The molecular weight excluding hydrogens is 348 g/mol. The molecule has 0 heterocycles. The fourth-order valence-corrected chi connectivity index (χ4v) is 2.65. The number of benzene rings is 1. The van der Waals surface area contributed by atoms with Crippen molar-refractivity contribution in [3.8, 4) is 6.07 Å². The molecule has 1 rings (SSSR count). The average Bonchev–Trinajstić information content (AvgIpc) is 2.27. The molecule has 0 aliphatic heterocycles. The number of carbonyl (C=O) groups is 1. The molecule has 1 N–H and O–H groups in total. The zero-order chi connectivity index (χ0) is 12.8. The van der Waals surface area contributed by atoms with E-state index in [1.165, 1.54) is 0 Å². The third-order valence-electron chi connectivity index (χ3n) is 2.29. The topological polar surface area (TPSA) is 52.9 Å². The van der Waals surface area contributed by atoms with Gasteiger partial charge >= 0.3 is 0 Å². The largest absolute Gasteiger partial charge is 0.348 e. The van der Waals surface area contributed by atoms with Gasteiger partial charge in [-0.15, -0.1) is 0 Å². The van der Waals surface area contributed by atoms with Crippen LogP contribution in [0.2, 0.25) is 0 Å². The van der Waals surface area contributed by atoms with E-state index in [0.717, 1.165) is 15.4 Å². The number of hydrogen-bond donors (Lipinski definition) is 1. The van der Waals surface area contributed by atoms with Gasteiger partial charge < -0.3 is 5.32 Å². The predicted octanol–water partition coefficient (Wildman–Crippen LogP) is 3.63. The summed E-state index contributed by atoms with van der Waals surface area (Å²) < 4.78 is 1.68. The first kappa shape index (κ1) is 14.2. The highest BCUT2D eigenvalue weighted by Gasteiger charge is 2.12. The van der Waals surface area contributed by atoms with Crippen LogP contribution in [-0.4, -0.2) is 11.9 Å². The Labute approximate surface area is 117 Å². The van der Waals surface area contributed by atoms with Crippen LogP contribution < -0.4 is 5.32 Å². The summed E-state index contributed by atoms with van der Waals surface area (Å²) in [6, 6.07) is 7.34. The van der Waals surface area contributed by atoms with Crippen LogP contribution in [0, 0.1) is 11.3 Å². The Morgan fingerprint density at radius 3 is 2.47 bits per heavy atom. The summed E-state index contributed by atoms with van der Waals surface area (Å²) >= 11 is 6.67. The minimum Gasteiger partial charge on any atom is -0.348 e. The highest BCUT2D eigenvalue weighted by molar-refractivity contribution is 9.11. The second-order valence-corrected chi connectivity index (χ2v) is 5.43. The molecule has 90 valence electrons. The first-order valence-electron chi connectivity index (χ1n) is 5.20. The van der Waals surface area contributed by atoms with Crippen LogP contribution in [-0.2, 0) is 0 Å². The van der Waals surface area contributed by atoms with Gasteiger partial charge in [-0.2, -0.15) is 5.26 Å². The van der Waals surface area contributed by atoms with Crippen molar-refractivity contribution in [3.63, 3.8) is 0 Å². The Balaban J connectivity index is 2.79. The maximum absolute atomic E-state index is 11.9. The van der Waals surface area contributed by atoms with Gasteiger partial charge in [0.05, 0.1) is 12.5 Å². The predicted molar refractivity (Wildman–Crippen MR) is 73.6 cm³/mol. The molecule has 1 amide bonds. The number of nitrogens with zero attached hydrogens (tertiary/aromatic N) is 1. The summed E-state index contributed by atoms with van der Waals surface area (Å²) in [5.74, 6) is -0.158. The lowest BCUT2D eigenvalue weighted by molar-refractivity contribution is 0.0936. The zero-order valence-corrected chi connectivity index (χ0v) is 12.5. The summed E-state index contributed by atoms with van der Waals surface area (Å²) in [6.45, 7) is 1.94. The molecule has 0 saturated carbocycles. The first-order chi connectivity index (χ1) is 8.06. The van der Waals surface area contributed by atoms with Crippen molar-refractivity contribution >= 4 is 37.8 Å². The van der Waals surface area contributed by atoms with Gasteiger partial charge in [0.1, 0.15) is 0 Å². The van der Waals surface area contributed by atoms with Crippen molar-refractivity contribution in [1.82, 2.24) is 5.32 Å². The van der Waals surface area contributed by atoms with E-state index in [4.69, 9.17) is 5.26 Å². The van der Waals surface area contributed by atoms with Gasteiger partial charge in [0.15, 0.2) is 0 Å². The third-order valence-corrected chi connectivity index (χ3v) is 3.21. The summed E-state index contributed by atoms with van der Waals surface area (Å²) in [5.41, 5.74) is 0.572. The summed E-state index contributed by atoms with van der Waals surface area (Å²) in [7, 11) is 0. The molecule has 3 nitrogen and oxygen atoms in total. The van der Waals surface area contributed by atoms with Crippen molar-refractivity contribution in [2.45, 2.75) is 25.8 Å². The van der Waals surface area contributed by atoms with E-state index in [9.17, 15) is 4.79 Å². The van der Waals surface area contributed by atoms with Crippen molar-refractivity contribution in [1.29, 1.82) is 5.26 Å². The Hall–Kier alpha value is -0.860. The Morgan fingerprint density at radius 1 is 1.41 bits per heavy atom. The monoisotopic (exact) mass is 358 g/mol. The molecule has 0 saturated heterocycles. The quantitative estimate of drug-likeness (QED) is 0.892. The zero-order valence-electron chi connectivity index (χ0n) is 9.34. The fraction of sp³-hybridized carbons (Fsp3) is 0.333. The normalized spacial score (nSPS) is 11.6. The van der Waals surface area contributed by atoms with Crippen LogP contribution in [0.4, 0.5) is 0 Å². The molecule has 1 aromatic rings. The van der Waals surface area contributed by atoms with E-state index >= 15 is 0 Å². The highest BCUT2D eigenvalue weighted by atomic mass is 79.9. The van der Waals surface area contributed by atoms with E-state index in [1.807, 2.05) is 13.0 Å². The van der Waals surface area contributed by atoms with E-state index in [-0.39, 0.29) is 11.9 Å². The van der Waals surface area contributed by atoms with Crippen LogP contribution in [0.3, 0.4) is 0 Å². The summed E-state index contributed by atoms with van der Waals surface area (Å²) in [5, 5.41) is 11.5. The lowest BCUT2D eigenvalue weighted by atomic mass is 10.1. The van der Waals surface area contributed by atoms with Gasteiger partial charge in [-0.05, 0) is 24.6 Å². The van der Waals surface area contributed by atoms with Gasteiger partial charge in [0.25, 0.3) is 5.91 Å². The number of nitrogens with one attached hydrogen (secondary N) is 1. The van der Waals surface area contributed by atoms with Gasteiger partial charge in [-0.1, -0.05) is 38.8 Å². The summed E-state index contributed by atoms with van der Waals surface area (Å²) in [4.78, 5) is 11.9. The van der Waals surface area contributed by atoms with Crippen molar-refractivity contribution in [2.75, 3.05) is 0 Å². The number of rotatable bonds is 4. The molecule has 0 aromatic heterocycles. The molecule has 0 fully saturated rings. The Morgan fingerprint density at radius 2 is 2.00 bits per heavy atom. The van der Waals surface area contributed by atoms with Crippen LogP contribution >= 0.6 is 31.9 Å². The lowest BCUT2D eigenvalue weighted by Crippen LogP contribution is -2.34. The fourth-order valence-electron chi connectivity index (χ4n) is 1.36. The van der Waals surface area contributed by atoms with Gasteiger partial charge in [-0.3, -0.25) is 4.79 Å². The molecule has 5 heteroatoms. The number of carbonyl (C=O) groups excluding carboxylic acids is 1. The van der Waals surface area contributed by atoms with Crippen LogP contribution in [0.1, 0.15) is 30.1 Å². The SMILES string of the molecule is CCC(CC#N)NC(=O)c1cc(Br)cc(Br)c1. The molecule has 0 radical (unpaired) electrons. The molecular formula is C12H12Br2N2O. The first-order valence-corrected chi connectivity index (χ1v) is 6.79. The molecule has 1 unspecified atom stereocenters. The Bertz CT molecular complexity index is 434. The Kier molecular flexibility index (Phi) is 5.66. The molecule has 17 heavy (non-hydrogen) atoms. The highest BCUT2D eigenvalue weighted by Crippen LogP contribution is 2.20. The number of halogens is 2. The van der Waals surface area contributed by atoms with E-state index in [1.54, 1.807) is 12.1 Å². The second kappa shape index (κ2) is 6.77. The van der Waals surface area contributed by atoms with Crippen molar-refractivity contribution in [3.05, 3.63) is 32.7 Å². The number of nitriles is 1. The summed E-state index contributed by atoms with van der Waals surface area (Å²) in [6.07, 6.45) is 1.08. The molecule has 0 aliphatic carbocycles. The van der Waals surface area contributed by atoms with Crippen LogP contribution in [0.25, 0.3) is 0 Å². The van der Waals surface area contributed by atoms with E-state index in [0.29, 0.717) is 12.0 Å². The number of hydrogen-bond acceptors (Lipinski definition) is 2. The van der Waals surface area contributed by atoms with Gasteiger partial charge in [0.2, 0.25) is 0 Å². The molecule has 1 atom stereocenters. The third kappa shape index (κ3) is 4.49. The van der Waals surface area contributed by atoms with Gasteiger partial charge in [-0.25, -0.2) is 0 Å². The smallest absolute Gasteiger partial charge is 0.251 e. The van der Waals surface area contributed by atoms with Crippen LogP contribution in [0.5, 0.6) is 0 Å². The standard InChI is InChI=1S/C12H12Br2N2O/c1-2-11(3-4-15)16-12(17)8-5-9(13)7-10(14)6-8/h5-7,11H,2-3H2,1H3,(H,16,17).